The highest BCUT2D eigenvalue weighted by atomic mass is 35.5. The average molecular weight is 415 g/mol. The minimum absolute atomic E-state index is 0.0320. The topological polar surface area (TPSA) is 99.4 Å². The van der Waals surface area contributed by atoms with Crippen molar-refractivity contribution in [3.8, 4) is 0 Å². The lowest BCUT2D eigenvalue weighted by atomic mass is 10.0. The minimum atomic E-state index is -3.92. The van der Waals surface area contributed by atoms with E-state index in [1.165, 1.54) is 37.3 Å². The fourth-order valence-electron chi connectivity index (χ4n) is 3.19. The molecule has 4 rings (SSSR count). The average Bonchev–Trinajstić information content (AvgIpc) is 2.98. The van der Waals surface area contributed by atoms with Gasteiger partial charge in [0.15, 0.2) is 0 Å². The molecule has 1 N–H and O–H groups in total. The molecule has 3 aromatic carbocycles. The van der Waals surface area contributed by atoms with Gasteiger partial charge in [0.05, 0.1) is 16.6 Å². The highest BCUT2D eigenvalue weighted by molar-refractivity contribution is 7.92. The van der Waals surface area contributed by atoms with E-state index in [9.17, 15) is 18.3 Å². The highest BCUT2D eigenvalue weighted by Crippen LogP contribution is 2.37. The maximum atomic E-state index is 12.8. The second-order valence-corrected chi connectivity index (χ2v) is 8.35. The van der Waals surface area contributed by atoms with Crippen molar-refractivity contribution in [3.63, 3.8) is 0 Å². The lowest BCUT2D eigenvalue weighted by Gasteiger charge is -2.12. The van der Waals surface area contributed by atoms with Crippen LogP contribution < -0.4 is 9.83 Å². The van der Waals surface area contributed by atoms with E-state index in [1.807, 2.05) is 0 Å². The summed E-state index contributed by atoms with van der Waals surface area (Å²) in [4.78, 5) is 11.6. The van der Waals surface area contributed by atoms with Crippen molar-refractivity contribution in [2.45, 2.75) is 11.8 Å². The summed E-state index contributed by atoms with van der Waals surface area (Å²) in [6.07, 6.45) is 0. The second-order valence-electron chi connectivity index (χ2n) is 6.23. The minimum Gasteiger partial charge on any atom is -0.545 e. The molecule has 0 aliphatic heterocycles. The quantitative estimate of drug-likeness (QED) is 0.548. The molecule has 6 nitrogen and oxygen atoms in total. The maximum Gasteiger partial charge on any atom is 0.261 e. The molecule has 0 unspecified atom stereocenters. The van der Waals surface area contributed by atoms with Crippen LogP contribution >= 0.6 is 11.6 Å². The predicted octanol–water partition coefficient (Wildman–Crippen LogP) is 3.71. The second kappa shape index (κ2) is 6.54. The number of hydrogen-bond donors (Lipinski definition) is 1. The first kappa shape index (κ1) is 18.3. The van der Waals surface area contributed by atoms with Crippen molar-refractivity contribution >= 4 is 55.0 Å². The lowest BCUT2D eigenvalue weighted by Crippen LogP contribution is -2.22. The zero-order valence-electron chi connectivity index (χ0n) is 14.5. The number of carbonyl (C=O) groups is 1. The number of anilines is 1. The van der Waals surface area contributed by atoms with Crippen LogP contribution in [0.4, 0.5) is 5.69 Å². The van der Waals surface area contributed by atoms with Crippen LogP contribution in [0.3, 0.4) is 0 Å². The SMILES string of the molecule is Cc1oc2c(cc(NS(=O)(=O)c3ccc(Cl)cc3)c3ccccc32)c1C(=O)[O-]. The van der Waals surface area contributed by atoms with Gasteiger partial charge in [-0.25, -0.2) is 8.42 Å². The lowest BCUT2D eigenvalue weighted by molar-refractivity contribution is -0.254. The Labute approximate surface area is 165 Å². The number of benzene rings is 3. The number of sulfonamides is 1. The predicted molar refractivity (Wildman–Crippen MR) is 105 cm³/mol. The zero-order chi connectivity index (χ0) is 20.1. The Kier molecular flexibility index (Phi) is 4.28. The van der Waals surface area contributed by atoms with E-state index in [1.54, 1.807) is 24.3 Å². The summed E-state index contributed by atoms with van der Waals surface area (Å²) in [5.41, 5.74) is 0.496. The number of carboxylic acids is 1. The molecule has 0 saturated carbocycles. The Morgan fingerprint density at radius 2 is 1.68 bits per heavy atom. The number of furan rings is 1. The van der Waals surface area contributed by atoms with Crippen LogP contribution in [0.5, 0.6) is 0 Å². The van der Waals surface area contributed by atoms with Gasteiger partial charge in [-0.05, 0) is 37.3 Å². The molecule has 1 aromatic heterocycles. The molecular formula is C20H13ClNO5S-. The summed E-state index contributed by atoms with van der Waals surface area (Å²) in [6.45, 7) is 1.53. The van der Waals surface area contributed by atoms with E-state index < -0.39 is 16.0 Å². The molecule has 0 atom stereocenters. The number of aryl methyl sites for hydroxylation is 1. The Bertz CT molecular complexity index is 1340. The first-order valence-electron chi connectivity index (χ1n) is 8.22. The molecule has 0 radical (unpaired) electrons. The monoisotopic (exact) mass is 414 g/mol. The molecule has 0 bridgehead atoms. The molecular weight excluding hydrogens is 402 g/mol. The van der Waals surface area contributed by atoms with Gasteiger partial charge in [0, 0.05) is 26.7 Å². The number of halogens is 1. The van der Waals surface area contributed by atoms with Crippen molar-refractivity contribution < 1.29 is 22.7 Å². The van der Waals surface area contributed by atoms with Gasteiger partial charge in [-0.2, -0.15) is 0 Å². The molecule has 0 aliphatic carbocycles. The summed E-state index contributed by atoms with van der Waals surface area (Å²) in [7, 11) is -3.92. The third kappa shape index (κ3) is 2.98. The van der Waals surface area contributed by atoms with E-state index in [4.69, 9.17) is 16.0 Å². The van der Waals surface area contributed by atoms with Crippen LogP contribution in [0, 0.1) is 6.92 Å². The normalized spacial score (nSPS) is 11.8. The number of nitrogens with one attached hydrogen (secondary N) is 1. The van der Waals surface area contributed by atoms with Gasteiger partial charge in [0.2, 0.25) is 0 Å². The van der Waals surface area contributed by atoms with Crippen LogP contribution in [0.1, 0.15) is 16.1 Å². The number of fused-ring (bicyclic) bond motifs is 3. The van der Waals surface area contributed by atoms with Crippen LogP contribution in [-0.2, 0) is 10.0 Å². The Morgan fingerprint density at radius 1 is 1.04 bits per heavy atom. The molecule has 0 amide bonds. The van der Waals surface area contributed by atoms with Crippen molar-refractivity contribution in [1.82, 2.24) is 0 Å². The van der Waals surface area contributed by atoms with Crippen molar-refractivity contribution in [2.75, 3.05) is 4.72 Å². The molecule has 0 saturated heterocycles. The summed E-state index contributed by atoms with van der Waals surface area (Å²) in [6, 6.07) is 14.2. The van der Waals surface area contributed by atoms with Crippen LogP contribution in [0.15, 0.2) is 63.9 Å². The Balaban J connectivity index is 1.96. The number of carboxylic acid groups (broad SMARTS) is 1. The summed E-state index contributed by atoms with van der Waals surface area (Å²) in [5.74, 6) is -1.20. The van der Waals surface area contributed by atoms with Crippen LogP contribution in [0.25, 0.3) is 21.7 Å². The smallest absolute Gasteiger partial charge is 0.261 e. The fourth-order valence-corrected chi connectivity index (χ4v) is 4.39. The van der Waals surface area contributed by atoms with E-state index in [0.717, 1.165) is 0 Å². The summed E-state index contributed by atoms with van der Waals surface area (Å²) < 4.78 is 33.8. The summed E-state index contributed by atoms with van der Waals surface area (Å²) in [5, 5.41) is 13.4. The van der Waals surface area contributed by atoms with Gasteiger partial charge in [-0.3, -0.25) is 4.72 Å². The molecule has 4 aromatic rings. The Morgan fingerprint density at radius 3 is 2.32 bits per heavy atom. The van der Waals surface area contributed by atoms with E-state index >= 15 is 0 Å². The van der Waals surface area contributed by atoms with Gasteiger partial charge in [0.25, 0.3) is 10.0 Å². The first-order chi connectivity index (χ1) is 13.3. The zero-order valence-corrected chi connectivity index (χ0v) is 16.1. The summed E-state index contributed by atoms with van der Waals surface area (Å²) >= 11 is 5.83. The van der Waals surface area contributed by atoms with Crippen molar-refractivity contribution in [1.29, 1.82) is 0 Å². The van der Waals surface area contributed by atoms with E-state index in [-0.39, 0.29) is 27.3 Å². The third-order valence-electron chi connectivity index (χ3n) is 4.44. The van der Waals surface area contributed by atoms with Gasteiger partial charge in [0.1, 0.15) is 11.3 Å². The molecule has 8 heteroatoms. The number of carbonyl (C=O) groups excluding carboxylic acids is 1. The number of hydrogen-bond acceptors (Lipinski definition) is 5. The largest absolute Gasteiger partial charge is 0.545 e. The van der Waals surface area contributed by atoms with Crippen LogP contribution in [-0.4, -0.2) is 14.4 Å². The molecule has 0 aliphatic rings. The van der Waals surface area contributed by atoms with Gasteiger partial charge in [-0.15, -0.1) is 0 Å². The van der Waals surface area contributed by atoms with Crippen molar-refractivity contribution in [2.24, 2.45) is 0 Å². The standard InChI is InChI=1S/C20H14ClNO5S/c1-11-18(20(23)24)16-10-17(14-4-2-3-5-15(14)19(16)27-11)22-28(25,26)13-8-6-12(21)7-9-13/h2-10,22H,1H3,(H,23,24)/p-1. The van der Waals surface area contributed by atoms with Gasteiger partial charge in [-0.1, -0.05) is 35.9 Å². The highest BCUT2D eigenvalue weighted by Gasteiger charge is 2.20. The Hall–Kier alpha value is -3.03. The third-order valence-corrected chi connectivity index (χ3v) is 6.08. The van der Waals surface area contributed by atoms with Crippen LogP contribution in [0.2, 0.25) is 5.02 Å². The molecule has 1 heterocycles. The molecule has 0 spiro atoms. The molecule has 28 heavy (non-hydrogen) atoms. The fraction of sp³-hybridized carbons (Fsp3) is 0.0500. The van der Waals surface area contributed by atoms with Crippen molar-refractivity contribution in [3.05, 3.63) is 70.9 Å². The van der Waals surface area contributed by atoms with E-state index in [2.05, 4.69) is 4.72 Å². The molecule has 0 fully saturated rings. The molecule has 142 valence electrons. The maximum absolute atomic E-state index is 12.8. The number of rotatable bonds is 4. The number of aromatic carboxylic acids is 1. The first-order valence-corrected chi connectivity index (χ1v) is 10.1. The van der Waals surface area contributed by atoms with Gasteiger partial charge < -0.3 is 14.3 Å². The van der Waals surface area contributed by atoms with E-state index in [0.29, 0.717) is 21.4 Å². The van der Waals surface area contributed by atoms with Gasteiger partial charge >= 0.3 is 0 Å².